The Morgan fingerprint density at radius 3 is 2.93 bits per heavy atom. The smallest absolute Gasteiger partial charge is 0.230 e. The molecular weight excluding hydrogens is 241 g/mol. The normalized spacial score (nSPS) is 10.1. The second-order valence-corrected chi connectivity index (χ2v) is 3.87. The molecule has 2 rings (SSSR count). The molecule has 2 aromatic rings. The van der Waals surface area contributed by atoms with Gasteiger partial charge in [-0.25, -0.2) is 0 Å². The van der Waals surface area contributed by atoms with Gasteiger partial charge in [0.05, 0.1) is 10.4 Å². The standard InChI is InChI=1S/C9H4Cl2NOS/c10-6-2-1-3-7(9(6)11)13-8-4-14-5-12-8/h1-4H. The number of halogens is 2. The highest BCUT2D eigenvalue weighted by molar-refractivity contribution is 7.07. The van der Waals surface area contributed by atoms with Crippen LogP contribution in [0, 0.1) is 5.51 Å². The number of nitrogens with zero attached hydrogens (tertiary/aromatic N) is 1. The van der Waals surface area contributed by atoms with Crippen molar-refractivity contribution in [2.45, 2.75) is 0 Å². The lowest BCUT2D eigenvalue weighted by atomic mass is 10.3. The number of benzene rings is 1. The van der Waals surface area contributed by atoms with Crippen LogP contribution in [-0.2, 0) is 0 Å². The predicted molar refractivity (Wildman–Crippen MR) is 57.5 cm³/mol. The summed E-state index contributed by atoms with van der Waals surface area (Å²) in [5.74, 6) is 0.970. The monoisotopic (exact) mass is 244 g/mol. The summed E-state index contributed by atoms with van der Waals surface area (Å²) in [6, 6.07) is 5.19. The summed E-state index contributed by atoms with van der Waals surface area (Å²) in [5.41, 5.74) is 2.67. The molecule has 1 aromatic carbocycles. The van der Waals surface area contributed by atoms with Crippen molar-refractivity contribution in [2.75, 3.05) is 0 Å². The van der Waals surface area contributed by atoms with Gasteiger partial charge in [-0.1, -0.05) is 29.3 Å². The van der Waals surface area contributed by atoms with Crippen LogP contribution >= 0.6 is 34.5 Å². The van der Waals surface area contributed by atoms with E-state index >= 15 is 0 Å². The molecule has 1 aromatic heterocycles. The van der Waals surface area contributed by atoms with Crippen LogP contribution < -0.4 is 4.74 Å². The van der Waals surface area contributed by atoms with Crippen molar-refractivity contribution in [2.24, 2.45) is 0 Å². The second kappa shape index (κ2) is 4.17. The lowest BCUT2D eigenvalue weighted by molar-refractivity contribution is 0.466. The van der Waals surface area contributed by atoms with Crippen LogP contribution in [0.25, 0.3) is 0 Å². The second-order valence-electron chi connectivity index (χ2n) is 2.43. The summed E-state index contributed by atoms with van der Waals surface area (Å²) in [5, 5.41) is 2.59. The predicted octanol–water partition coefficient (Wildman–Crippen LogP) is 4.04. The summed E-state index contributed by atoms with van der Waals surface area (Å²) in [7, 11) is 0. The van der Waals surface area contributed by atoms with E-state index < -0.39 is 0 Å². The van der Waals surface area contributed by atoms with Crippen molar-refractivity contribution in [3.8, 4) is 11.6 Å². The third-order valence-electron chi connectivity index (χ3n) is 1.50. The fraction of sp³-hybridized carbons (Fsp3) is 0. The van der Waals surface area contributed by atoms with Crippen LogP contribution in [0.2, 0.25) is 10.0 Å². The van der Waals surface area contributed by atoms with Crippen LogP contribution in [-0.4, -0.2) is 4.98 Å². The maximum absolute atomic E-state index is 5.92. The average Bonchev–Trinajstić information content (AvgIpc) is 2.66. The van der Waals surface area contributed by atoms with E-state index in [4.69, 9.17) is 27.9 Å². The zero-order valence-electron chi connectivity index (χ0n) is 6.83. The first kappa shape index (κ1) is 9.77. The molecule has 14 heavy (non-hydrogen) atoms. The minimum Gasteiger partial charge on any atom is -0.437 e. The lowest BCUT2D eigenvalue weighted by Crippen LogP contribution is -1.84. The zero-order valence-corrected chi connectivity index (χ0v) is 9.16. The topological polar surface area (TPSA) is 22.1 Å². The first-order valence-corrected chi connectivity index (χ1v) is 5.34. The van der Waals surface area contributed by atoms with E-state index in [9.17, 15) is 0 Å². The van der Waals surface area contributed by atoms with Gasteiger partial charge in [0.15, 0.2) is 5.51 Å². The molecule has 0 unspecified atom stereocenters. The van der Waals surface area contributed by atoms with E-state index in [1.54, 1.807) is 23.6 Å². The Kier molecular flexibility index (Phi) is 2.91. The van der Waals surface area contributed by atoms with Gasteiger partial charge >= 0.3 is 0 Å². The molecule has 1 radical (unpaired) electrons. The molecule has 0 aliphatic heterocycles. The van der Waals surface area contributed by atoms with Gasteiger partial charge in [-0.2, -0.15) is 4.98 Å². The van der Waals surface area contributed by atoms with Crippen molar-refractivity contribution in [1.29, 1.82) is 0 Å². The van der Waals surface area contributed by atoms with E-state index in [-0.39, 0.29) is 0 Å². The SMILES string of the molecule is Clc1cccc(Oc2cs[c]n2)c1Cl. The molecule has 1 heterocycles. The number of ether oxygens (including phenoxy) is 1. The molecule has 2 nitrogen and oxygen atoms in total. The van der Waals surface area contributed by atoms with Gasteiger partial charge in [0, 0.05) is 0 Å². The van der Waals surface area contributed by atoms with Crippen LogP contribution in [0.15, 0.2) is 23.6 Å². The molecule has 0 bridgehead atoms. The largest absolute Gasteiger partial charge is 0.437 e. The molecule has 0 saturated heterocycles. The minimum absolute atomic E-state index is 0.391. The highest BCUT2D eigenvalue weighted by atomic mass is 35.5. The summed E-state index contributed by atoms with van der Waals surface area (Å²) in [6.07, 6.45) is 0. The molecule has 5 heteroatoms. The first-order chi connectivity index (χ1) is 6.77. The molecule has 0 saturated carbocycles. The quantitative estimate of drug-likeness (QED) is 0.796. The number of thiazole rings is 1. The van der Waals surface area contributed by atoms with Crippen LogP contribution in [0.1, 0.15) is 0 Å². The minimum atomic E-state index is 0.391. The summed E-state index contributed by atoms with van der Waals surface area (Å²) < 4.78 is 5.38. The molecule has 0 amide bonds. The number of rotatable bonds is 2. The van der Waals surface area contributed by atoms with Gasteiger partial charge in [-0.3, -0.25) is 0 Å². The lowest BCUT2D eigenvalue weighted by Gasteiger charge is -2.04. The average molecular weight is 245 g/mol. The molecular formula is C9H4Cl2NOS. The van der Waals surface area contributed by atoms with Gasteiger partial charge in [0.2, 0.25) is 5.88 Å². The van der Waals surface area contributed by atoms with Crippen LogP contribution in [0.5, 0.6) is 11.6 Å². The van der Waals surface area contributed by atoms with Crippen molar-refractivity contribution in [3.05, 3.63) is 39.1 Å². The van der Waals surface area contributed by atoms with E-state index in [0.29, 0.717) is 21.7 Å². The Hall–Kier alpha value is -0.770. The van der Waals surface area contributed by atoms with Gasteiger partial charge in [-0.05, 0) is 12.1 Å². The summed E-state index contributed by atoms with van der Waals surface area (Å²) in [6.45, 7) is 0. The maximum Gasteiger partial charge on any atom is 0.230 e. The molecule has 0 N–H and O–H groups in total. The maximum atomic E-state index is 5.92. The molecule has 0 atom stereocenters. The van der Waals surface area contributed by atoms with Gasteiger partial charge in [0.1, 0.15) is 10.8 Å². The number of hydrogen-bond donors (Lipinski definition) is 0. The van der Waals surface area contributed by atoms with Crippen molar-refractivity contribution < 1.29 is 4.74 Å². The fourth-order valence-electron chi connectivity index (χ4n) is 0.897. The van der Waals surface area contributed by atoms with E-state index in [1.807, 2.05) is 0 Å². The highest BCUT2D eigenvalue weighted by Crippen LogP contribution is 2.34. The third-order valence-corrected chi connectivity index (χ3v) is 2.82. The molecule has 0 aliphatic rings. The van der Waals surface area contributed by atoms with Crippen LogP contribution in [0.4, 0.5) is 0 Å². The third kappa shape index (κ3) is 2.00. The molecule has 0 fully saturated rings. The van der Waals surface area contributed by atoms with E-state index in [1.165, 1.54) is 11.3 Å². The van der Waals surface area contributed by atoms with E-state index in [2.05, 4.69) is 10.5 Å². The van der Waals surface area contributed by atoms with Crippen molar-refractivity contribution in [3.63, 3.8) is 0 Å². The summed E-state index contributed by atoms with van der Waals surface area (Å²) >= 11 is 13.1. The Morgan fingerprint density at radius 1 is 1.36 bits per heavy atom. The van der Waals surface area contributed by atoms with Crippen molar-refractivity contribution in [1.82, 2.24) is 4.98 Å². The van der Waals surface area contributed by atoms with Crippen LogP contribution in [0.3, 0.4) is 0 Å². The highest BCUT2D eigenvalue weighted by Gasteiger charge is 2.06. The van der Waals surface area contributed by atoms with Gasteiger partial charge < -0.3 is 4.74 Å². The molecule has 0 spiro atoms. The van der Waals surface area contributed by atoms with Gasteiger partial charge in [-0.15, -0.1) is 11.3 Å². The first-order valence-electron chi connectivity index (χ1n) is 3.71. The fourth-order valence-corrected chi connectivity index (χ4v) is 1.62. The van der Waals surface area contributed by atoms with Crippen molar-refractivity contribution >= 4 is 34.5 Å². The summed E-state index contributed by atoms with van der Waals surface area (Å²) in [4.78, 5) is 3.85. The Labute approximate surface area is 95.1 Å². The number of hydrogen-bond acceptors (Lipinski definition) is 3. The zero-order chi connectivity index (χ0) is 9.97. The van der Waals surface area contributed by atoms with Gasteiger partial charge in [0.25, 0.3) is 0 Å². The Morgan fingerprint density at radius 2 is 2.21 bits per heavy atom. The Bertz CT molecular complexity index is 430. The Balaban J connectivity index is 2.29. The molecule has 0 aliphatic carbocycles. The number of aromatic nitrogens is 1. The molecule has 71 valence electrons. The van der Waals surface area contributed by atoms with E-state index in [0.717, 1.165) is 0 Å².